The molecule has 0 unspecified atom stereocenters. The molecule has 0 saturated carbocycles. The maximum Gasteiger partial charge on any atom is 0.342 e. The van der Waals surface area contributed by atoms with Crippen molar-refractivity contribution in [1.29, 1.82) is 0 Å². The fourth-order valence-corrected chi connectivity index (χ4v) is 2.71. The maximum absolute atomic E-state index is 12.5. The molecule has 0 N–H and O–H groups in total. The minimum Gasteiger partial charge on any atom is -0.462 e. The molecule has 0 spiro atoms. The van der Waals surface area contributed by atoms with E-state index in [0.717, 1.165) is 16.9 Å². The molecule has 0 amide bonds. The van der Waals surface area contributed by atoms with Crippen LogP contribution in [0.3, 0.4) is 0 Å². The molecule has 0 atom stereocenters. The van der Waals surface area contributed by atoms with E-state index in [0.29, 0.717) is 17.9 Å². The highest BCUT2D eigenvalue weighted by molar-refractivity contribution is 5.98. The molecule has 0 aliphatic heterocycles. The number of para-hydroxylation sites is 1. The van der Waals surface area contributed by atoms with Gasteiger partial charge in [-0.15, -0.1) is 0 Å². The molecule has 0 saturated heterocycles. The molecule has 1 aromatic heterocycles. The van der Waals surface area contributed by atoms with Gasteiger partial charge < -0.3 is 4.74 Å². The quantitative estimate of drug-likeness (QED) is 0.672. The molecule has 1 heterocycles. The first-order valence-corrected chi connectivity index (χ1v) is 8.01. The average molecular weight is 320 g/mol. The molecule has 122 valence electrons. The van der Waals surface area contributed by atoms with Crippen LogP contribution in [0.25, 0.3) is 16.9 Å². The van der Waals surface area contributed by atoms with Crippen LogP contribution >= 0.6 is 0 Å². The molecule has 0 aliphatic rings. The molecule has 24 heavy (non-hydrogen) atoms. The number of aryl methyl sites for hydroxylation is 2. The lowest BCUT2D eigenvalue weighted by Gasteiger charge is -2.10. The Morgan fingerprint density at radius 1 is 1.04 bits per heavy atom. The van der Waals surface area contributed by atoms with E-state index in [2.05, 4.69) is 5.10 Å². The van der Waals surface area contributed by atoms with Gasteiger partial charge in [0.1, 0.15) is 5.56 Å². The van der Waals surface area contributed by atoms with E-state index in [1.165, 1.54) is 5.56 Å². The summed E-state index contributed by atoms with van der Waals surface area (Å²) in [6, 6.07) is 17.9. The molecular weight excluding hydrogens is 300 g/mol. The van der Waals surface area contributed by atoms with Gasteiger partial charge in [-0.2, -0.15) is 5.10 Å². The van der Waals surface area contributed by atoms with Gasteiger partial charge in [0.25, 0.3) is 0 Å². The van der Waals surface area contributed by atoms with Crippen LogP contribution in [0.1, 0.15) is 28.5 Å². The third-order valence-electron chi connectivity index (χ3n) is 3.87. The number of esters is 1. The fourth-order valence-electron chi connectivity index (χ4n) is 2.71. The van der Waals surface area contributed by atoms with E-state index in [9.17, 15) is 4.79 Å². The number of nitrogens with zero attached hydrogens (tertiary/aromatic N) is 2. The topological polar surface area (TPSA) is 44.1 Å². The summed E-state index contributed by atoms with van der Waals surface area (Å²) in [4.78, 5) is 12.5. The number of carbonyl (C=O) groups is 1. The van der Waals surface area contributed by atoms with E-state index in [-0.39, 0.29) is 5.97 Å². The summed E-state index contributed by atoms with van der Waals surface area (Å²) >= 11 is 0. The van der Waals surface area contributed by atoms with Crippen molar-refractivity contribution in [2.24, 2.45) is 0 Å². The van der Waals surface area contributed by atoms with Crippen LogP contribution in [0.2, 0.25) is 0 Å². The molecule has 3 aromatic rings. The van der Waals surface area contributed by atoms with Crippen LogP contribution in [0, 0.1) is 13.8 Å². The zero-order chi connectivity index (χ0) is 17.1. The Morgan fingerprint density at radius 2 is 1.71 bits per heavy atom. The molecule has 4 nitrogen and oxygen atoms in total. The van der Waals surface area contributed by atoms with E-state index in [1.807, 2.05) is 73.1 Å². The summed E-state index contributed by atoms with van der Waals surface area (Å²) in [6.45, 7) is 6.02. The highest BCUT2D eigenvalue weighted by Crippen LogP contribution is 2.30. The van der Waals surface area contributed by atoms with Crippen molar-refractivity contribution in [1.82, 2.24) is 9.78 Å². The highest BCUT2D eigenvalue weighted by Gasteiger charge is 2.24. The Bertz CT molecular complexity index is 849. The van der Waals surface area contributed by atoms with Crippen molar-refractivity contribution in [3.63, 3.8) is 0 Å². The third kappa shape index (κ3) is 2.95. The van der Waals surface area contributed by atoms with Gasteiger partial charge in [0.2, 0.25) is 0 Å². The van der Waals surface area contributed by atoms with Crippen LogP contribution in [0.5, 0.6) is 0 Å². The minimum atomic E-state index is -0.340. The smallest absolute Gasteiger partial charge is 0.342 e. The third-order valence-corrected chi connectivity index (χ3v) is 3.87. The molecule has 0 radical (unpaired) electrons. The standard InChI is InChI=1S/C20H20N2O2/c1-4-24-20(23)18-15(3)21-22(17-8-6-5-7-9-17)19(18)16-12-10-14(2)11-13-16/h5-13H,4H2,1-3H3. The largest absolute Gasteiger partial charge is 0.462 e. The SMILES string of the molecule is CCOC(=O)c1c(C)nn(-c2ccccc2)c1-c1ccc(C)cc1. The second kappa shape index (κ2) is 6.71. The lowest BCUT2D eigenvalue weighted by atomic mass is 10.0. The van der Waals surface area contributed by atoms with Gasteiger partial charge in [0.15, 0.2) is 0 Å². The second-order valence-corrected chi connectivity index (χ2v) is 5.64. The molecule has 0 fully saturated rings. The van der Waals surface area contributed by atoms with Crippen molar-refractivity contribution in [2.75, 3.05) is 6.61 Å². The predicted octanol–water partition coefficient (Wildman–Crippen LogP) is 4.33. The highest BCUT2D eigenvalue weighted by atomic mass is 16.5. The Morgan fingerprint density at radius 3 is 2.33 bits per heavy atom. The monoisotopic (exact) mass is 320 g/mol. The Balaban J connectivity index is 2.25. The number of hydrogen-bond donors (Lipinski definition) is 0. The summed E-state index contributed by atoms with van der Waals surface area (Å²) in [7, 11) is 0. The average Bonchev–Trinajstić information content (AvgIpc) is 2.94. The fraction of sp³-hybridized carbons (Fsp3) is 0.200. The Kier molecular flexibility index (Phi) is 4.47. The zero-order valence-corrected chi connectivity index (χ0v) is 14.1. The zero-order valence-electron chi connectivity index (χ0n) is 14.1. The van der Waals surface area contributed by atoms with Gasteiger partial charge in [0, 0.05) is 5.56 Å². The van der Waals surface area contributed by atoms with E-state index in [1.54, 1.807) is 6.92 Å². The minimum absolute atomic E-state index is 0.335. The van der Waals surface area contributed by atoms with Crippen LogP contribution in [0.4, 0.5) is 0 Å². The number of hydrogen-bond acceptors (Lipinski definition) is 3. The second-order valence-electron chi connectivity index (χ2n) is 5.64. The lowest BCUT2D eigenvalue weighted by Crippen LogP contribution is -2.08. The van der Waals surface area contributed by atoms with Crippen LogP contribution in [-0.4, -0.2) is 22.4 Å². The van der Waals surface area contributed by atoms with Gasteiger partial charge >= 0.3 is 5.97 Å². The van der Waals surface area contributed by atoms with Gasteiger partial charge in [-0.3, -0.25) is 0 Å². The Labute approximate surface area is 141 Å². The van der Waals surface area contributed by atoms with Crippen molar-refractivity contribution in [2.45, 2.75) is 20.8 Å². The maximum atomic E-state index is 12.5. The predicted molar refractivity (Wildman–Crippen MR) is 94.4 cm³/mol. The lowest BCUT2D eigenvalue weighted by molar-refractivity contribution is 0.0526. The molecule has 0 aliphatic carbocycles. The first-order chi connectivity index (χ1) is 11.6. The van der Waals surface area contributed by atoms with E-state index in [4.69, 9.17) is 4.74 Å². The molecule has 0 bridgehead atoms. The van der Waals surface area contributed by atoms with Gasteiger partial charge in [-0.05, 0) is 32.9 Å². The number of benzene rings is 2. The first-order valence-electron chi connectivity index (χ1n) is 8.01. The van der Waals surface area contributed by atoms with E-state index >= 15 is 0 Å². The van der Waals surface area contributed by atoms with Gasteiger partial charge in [-0.1, -0.05) is 48.0 Å². The van der Waals surface area contributed by atoms with Gasteiger partial charge in [-0.25, -0.2) is 9.48 Å². The normalized spacial score (nSPS) is 10.6. The summed E-state index contributed by atoms with van der Waals surface area (Å²) < 4.78 is 7.06. The molecule has 3 rings (SSSR count). The summed E-state index contributed by atoms with van der Waals surface area (Å²) in [5.41, 5.74) is 4.95. The summed E-state index contributed by atoms with van der Waals surface area (Å²) in [5, 5.41) is 4.60. The molecule has 2 aromatic carbocycles. The van der Waals surface area contributed by atoms with Gasteiger partial charge in [0.05, 0.1) is 23.7 Å². The summed E-state index contributed by atoms with van der Waals surface area (Å²) in [6.07, 6.45) is 0. The van der Waals surface area contributed by atoms with Crippen molar-refractivity contribution < 1.29 is 9.53 Å². The van der Waals surface area contributed by atoms with Crippen molar-refractivity contribution >= 4 is 5.97 Å². The van der Waals surface area contributed by atoms with E-state index < -0.39 is 0 Å². The first kappa shape index (κ1) is 16.0. The number of rotatable bonds is 4. The van der Waals surface area contributed by atoms with Crippen molar-refractivity contribution in [3.8, 4) is 16.9 Å². The molecule has 4 heteroatoms. The van der Waals surface area contributed by atoms with Crippen LogP contribution in [0.15, 0.2) is 54.6 Å². The van der Waals surface area contributed by atoms with Crippen LogP contribution < -0.4 is 0 Å². The molecular formula is C20H20N2O2. The number of carbonyl (C=O) groups excluding carboxylic acids is 1. The summed E-state index contributed by atoms with van der Waals surface area (Å²) in [5.74, 6) is -0.340. The van der Waals surface area contributed by atoms with Crippen molar-refractivity contribution in [3.05, 3.63) is 71.4 Å². The van der Waals surface area contributed by atoms with Crippen LogP contribution in [-0.2, 0) is 4.74 Å². The number of ether oxygens (including phenoxy) is 1. The Hall–Kier alpha value is -2.88. The number of aromatic nitrogens is 2.